The van der Waals surface area contributed by atoms with Crippen molar-refractivity contribution in [2.45, 2.75) is 38.1 Å². The Bertz CT molecular complexity index is 313. The first-order chi connectivity index (χ1) is 7.40. The van der Waals surface area contributed by atoms with Crippen molar-refractivity contribution in [3.8, 4) is 0 Å². The van der Waals surface area contributed by atoms with Crippen LogP contribution in [0.3, 0.4) is 0 Å². The summed E-state index contributed by atoms with van der Waals surface area (Å²) >= 11 is 1.85. The summed E-state index contributed by atoms with van der Waals surface area (Å²) in [5.41, 5.74) is 1.65. The molecule has 0 fully saturated rings. The van der Waals surface area contributed by atoms with Crippen LogP contribution in [0.4, 0.5) is 0 Å². The molecule has 1 aliphatic rings. The molecule has 0 saturated heterocycles. The Labute approximate surface area is 96.2 Å². The molecule has 1 aliphatic carbocycles. The normalized spacial score (nSPS) is 18.6. The van der Waals surface area contributed by atoms with Crippen LogP contribution >= 0.6 is 11.3 Å². The van der Waals surface area contributed by atoms with E-state index >= 15 is 0 Å². The van der Waals surface area contributed by atoms with E-state index in [1.165, 1.54) is 37.0 Å². The Morgan fingerprint density at radius 3 is 3.00 bits per heavy atom. The molecular weight excluding hydrogens is 202 g/mol. The van der Waals surface area contributed by atoms with Crippen LogP contribution in [-0.2, 0) is 0 Å². The van der Waals surface area contributed by atoms with Gasteiger partial charge in [-0.3, -0.25) is 0 Å². The smallest absolute Gasteiger partial charge is 0.0449 e. The van der Waals surface area contributed by atoms with Gasteiger partial charge in [0, 0.05) is 10.9 Å². The maximum atomic E-state index is 3.42. The molecule has 0 amide bonds. The largest absolute Gasteiger partial charge is 0.312 e. The van der Waals surface area contributed by atoms with Gasteiger partial charge >= 0.3 is 0 Å². The first kappa shape index (κ1) is 10.9. The van der Waals surface area contributed by atoms with Crippen molar-refractivity contribution in [2.75, 3.05) is 7.05 Å². The van der Waals surface area contributed by atoms with Crippen molar-refractivity contribution in [1.82, 2.24) is 5.32 Å². The molecule has 0 spiro atoms. The van der Waals surface area contributed by atoms with Crippen molar-refractivity contribution in [3.05, 3.63) is 34.0 Å². The summed E-state index contributed by atoms with van der Waals surface area (Å²) in [6.45, 7) is 0. The molecule has 82 valence electrons. The average Bonchev–Trinajstić information content (AvgIpc) is 2.81. The Morgan fingerprint density at radius 1 is 1.47 bits per heavy atom. The number of rotatable bonds is 4. The lowest BCUT2D eigenvalue weighted by molar-refractivity contribution is 0.566. The van der Waals surface area contributed by atoms with Crippen LogP contribution < -0.4 is 5.32 Å². The molecule has 0 saturated carbocycles. The average molecular weight is 221 g/mol. The molecule has 1 atom stereocenters. The molecule has 15 heavy (non-hydrogen) atoms. The molecule has 1 aromatic heterocycles. The molecule has 1 N–H and O–H groups in total. The highest BCUT2D eigenvalue weighted by Crippen LogP contribution is 2.29. The Balaban J connectivity index is 1.99. The molecule has 1 unspecified atom stereocenters. The van der Waals surface area contributed by atoms with E-state index in [2.05, 4.69) is 36.0 Å². The fourth-order valence-electron chi connectivity index (χ4n) is 2.19. The summed E-state index contributed by atoms with van der Waals surface area (Å²) in [4.78, 5) is 1.46. The minimum Gasteiger partial charge on any atom is -0.312 e. The summed E-state index contributed by atoms with van der Waals surface area (Å²) in [5.74, 6) is 0. The molecule has 1 aromatic rings. The first-order valence-electron chi connectivity index (χ1n) is 5.78. The van der Waals surface area contributed by atoms with E-state index in [0.29, 0.717) is 6.04 Å². The standard InChI is InChI=1S/C13H19NS/c1-14-12(13-8-5-9-15-13)10-11-6-3-2-4-7-11/h5-6,8-9,12,14H,2-4,7,10H2,1H3. The van der Waals surface area contributed by atoms with Crippen molar-refractivity contribution in [2.24, 2.45) is 0 Å². The zero-order valence-electron chi connectivity index (χ0n) is 9.33. The molecule has 1 nitrogen and oxygen atoms in total. The van der Waals surface area contributed by atoms with Gasteiger partial charge in [0.15, 0.2) is 0 Å². The Hall–Kier alpha value is -0.600. The van der Waals surface area contributed by atoms with Crippen LogP contribution in [0.1, 0.15) is 43.0 Å². The van der Waals surface area contributed by atoms with Crippen LogP contribution in [0.2, 0.25) is 0 Å². The third-order valence-corrected chi connectivity index (χ3v) is 4.07. The third-order valence-electron chi connectivity index (χ3n) is 3.09. The number of hydrogen-bond donors (Lipinski definition) is 1. The van der Waals surface area contributed by atoms with E-state index in [0.717, 1.165) is 0 Å². The van der Waals surface area contributed by atoms with Crippen molar-refractivity contribution >= 4 is 11.3 Å². The predicted octanol–water partition coefficient (Wildman–Crippen LogP) is 3.90. The van der Waals surface area contributed by atoms with Crippen LogP contribution in [0.5, 0.6) is 0 Å². The summed E-state index contributed by atoms with van der Waals surface area (Å²) in [6.07, 6.45) is 9.00. The van der Waals surface area contributed by atoms with Crippen molar-refractivity contribution in [3.63, 3.8) is 0 Å². The van der Waals surface area contributed by atoms with Gasteiger partial charge in [-0.15, -0.1) is 11.3 Å². The summed E-state index contributed by atoms with van der Waals surface area (Å²) in [5, 5.41) is 5.58. The lowest BCUT2D eigenvalue weighted by atomic mass is 9.94. The highest BCUT2D eigenvalue weighted by atomic mass is 32.1. The second-order valence-corrected chi connectivity index (χ2v) is 5.15. The molecule has 1 heterocycles. The topological polar surface area (TPSA) is 12.0 Å². The second-order valence-electron chi connectivity index (χ2n) is 4.17. The lowest BCUT2D eigenvalue weighted by Gasteiger charge is -2.19. The maximum Gasteiger partial charge on any atom is 0.0449 e. The molecule has 0 aliphatic heterocycles. The first-order valence-corrected chi connectivity index (χ1v) is 6.66. The summed E-state index contributed by atoms with van der Waals surface area (Å²) < 4.78 is 0. The minimum absolute atomic E-state index is 0.523. The lowest BCUT2D eigenvalue weighted by Crippen LogP contribution is -2.16. The number of hydrogen-bond acceptors (Lipinski definition) is 2. The molecule has 2 heteroatoms. The van der Waals surface area contributed by atoms with E-state index in [1.807, 2.05) is 11.3 Å². The highest BCUT2D eigenvalue weighted by Gasteiger charge is 2.13. The third kappa shape index (κ3) is 2.93. The van der Waals surface area contributed by atoms with Gasteiger partial charge in [0.25, 0.3) is 0 Å². The van der Waals surface area contributed by atoms with E-state index in [9.17, 15) is 0 Å². The van der Waals surface area contributed by atoms with Gasteiger partial charge in [-0.25, -0.2) is 0 Å². The van der Waals surface area contributed by atoms with E-state index in [4.69, 9.17) is 0 Å². The number of nitrogens with one attached hydrogen (secondary N) is 1. The SMILES string of the molecule is CNC(CC1=CCCCC1)c1cccs1. The number of allylic oxidation sites excluding steroid dienone is 1. The van der Waals surface area contributed by atoms with Gasteiger partial charge in [-0.05, 0) is 50.6 Å². The Morgan fingerprint density at radius 2 is 2.40 bits per heavy atom. The zero-order chi connectivity index (χ0) is 10.5. The molecule has 0 radical (unpaired) electrons. The fourth-order valence-corrected chi connectivity index (χ4v) is 3.02. The minimum atomic E-state index is 0.523. The van der Waals surface area contributed by atoms with Crippen LogP contribution in [0.25, 0.3) is 0 Å². The van der Waals surface area contributed by atoms with E-state index in [-0.39, 0.29) is 0 Å². The summed E-state index contributed by atoms with van der Waals surface area (Å²) in [6, 6.07) is 4.89. The van der Waals surface area contributed by atoms with Gasteiger partial charge in [0.2, 0.25) is 0 Å². The van der Waals surface area contributed by atoms with E-state index < -0.39 is 0 Å². The molecule has 2 rings (SSSR count). The Kier molecular flexibility index (Phi) is 3.98. The monoisotopic (exact) mass is 221 g/mol. The fraction of sp³-hybridized carbons (Fsp3) is 0.538. The van der Waals surface area contributed by atoms with Gasteiger partial charge < -0.3 is 5.32 Å². The van der Waals surface area contributed by atoms with Crippen LogP contribution in [0, 0.1) is 0 Å². The van der Waals surface area contributed by atoms with Crippen LogP contribution in [-0.4, -0.2) is 7.05 Å². The molecular formula is C13H19NS. The van der Waals surface area contributed by atoms with Crippen molar-refractivity contribution < 1.29 is 0 Å². The number of thiophene rings is 1. The summed E-state index contributed by atoms with van der Waals surface area (Å²) in [7, 11) is 2.06. The quantitative estimate of drug-likeness (QED) is 0.760. The van der Waals surface area contributed by atoms with Crippen LogP contribution in [0.15, 0.2) is 29.2 Å². The second kappa shape index (κ2) is 5.47. The van der Waals surface area contributed by atoms with Gasteiger partial charge in [-0.2, -0.15) is 0 Å². The molecule has 0 aromatic carbocycles. The van der Waals surface area contributed by atoms with Crippen molar-refractivity contribution in [1.29, 1.82) is 0 Å². The molecule has 0 bridgehead atoms. The van der Waals surface area contributed by atoms with Gasteiger partial charge in [-0.1, -0.05) is 17.7 Å². The zero-order valence-corrected chi connectivity index (χ0v) is 10.1. The van der Waals surface area contributed by atoms with E-state index in [1.54, 1.807) is 5.57 Å². The maximum absolute atomic E-state index is 3.42. The predicted molar refractivity (Wildman–Crippen MR) is 67.3 cm³/mol. The van der Waals surface area contributed by atoms with Gasteiger partial charge in [0.05, 0.1) is 0 Å². The highest BCUT2D eigenvalue weighted by molar-refractivity contribution is 7.10. The van der Waals surface area contributed by atoms with Gasteiger partial charge in [0.1, 0.15) is 0 Å².